The van der Waals surface area contributed by atoms with E-state index in [0.29, 0.717) is 11.4 Å². The van der Waals surface area contributed by atoms with Gasteiger partial charge in [0.15, 0.2) is 17.2 Å². The number of amides is 1. The summed E-state index contributed by atoms with van der Waals surface area (Å²) in [4.78, 5) is 13.2. The fraction of sp³-hybridized carbons (Fsp3) is 0.125. The van der Waals surface area contributed by atoms with Gasteiger partial charge in [0.25, 0.3) is 5.91 Å². The van der Waals surface area contributed by atoms with Crippen LogP contribution >= 0.6 is 11.3 Å². The number of phenols is 1. The SMILES string of the molecule is COc1cc([C@H]2NC(=O)c3n[nH]c(-c4cccs4)c32)ccc1O. The van der Waals surface area contributed by atoms with Crippen molar-refractivity contribution in [1.82, 2.24) is 15.5 Å². The van der Waals surface area contributed by atoms with Gasteiger partial charge >= 0.3 is 0 Å². The highest BCUT2D eigenvalue weighted by molar-refractivity contribution is 7.13. The molecule has 23 heavy (non-hydrogen) atoms. The van der Waals surface area contributed by atoms with Crippen molar-refractivity contribution in [2.45, 2.75) is 6.04 Å². The van der Waals surface area contributed by atoms with E-state index in [1.54, 1.807) is 29.5 Å². The summed E-state index contributed by atoms with van der Waals surface area (Å²) in [6, 6.07) is 8.65. The molecule has 116 valence electrons. The number of rotatable bonds is 3. The van der Waals surface area contributed by atoms with Crippen molar-refractivity contribution in [2.75, 3.05) is 7.11 Å². The fourth-order valence-corrected chi connectivity index (χ4v) is 3.54. The molecule has 1 atom stereocenters. The van der Waals surface area contributed by atoms with Gasteiger partial charge in [-0.15, -0.1) is 11.3 Å². The van der Waals surface area contributed by atoms with Crippen LogP contribution in [0.2, 0.25) is 0 Å². The fourth-order valence-electron chi connectivity index (χ4n) is 2.81. The van der Waals surface area contributed by atoms with Gasteiger partial charge < -0.3 is 15.2 Å². The van der Waals surface area contributed by atoms with Crippen LogP contribution in [0.15, 0.2) is 35.7 Å². The standard InChI is InChI=1S/C16H13N3O3S/c1-22-10-7-8(4-5-9(10)20)13-12-14(11-3-2-6-23-11)18-19-15(12)16(21)17-13/h2-7,13,20H,1H3,(H,17,21)(H,18,19)/t13-/m1/s1. The molecule has 3 N–H and O–H groups in total. The number of nitrogens with one attached hydrogen (secondary N) is 2. The summed E-state index contributed by atoms with van der Waals surface area (Å²) in [5.74, 6) is 0.217. The van der Waals surface area contributed by atoms with E-state index >= 15 is 0 Å². The van der Waals surface area contributed by atoms with E-state index in [1.807, 2.05) is 17.5 Å². The first-order valence-corrected chi connectivity index (χ1v) is 7.87. The third kappa shape index (κ3) is 2.08. The second-order valence-corrected chi connectivity index (χ2v) is 6.12. The van der Waals surface area contributed by atoms with Gasteiger partial charge in [0, 0.05) is 5.56 Å². The van der Waals surface area contributed by atoms with Crippen LogP contribution in [0, 0.1) is 0 Å². The van der Waals surface area contributed by atoms with E-state index in [1.165, 1.54) is 7.11 Å². The van der Waals surface area contributed by atoms with Crippen molar-refractivity contribution in [3.05, 3.63) is 52.5 Å². The predicted molar refractivity (Wildman–Crippen MR) is 85.9 cm³/mol. The first-order valence-electron chi connectivity index (χ1n) is 6.99. The van der Waals surface area contributed by atoms with Crippen molar-refractivity contribution in [3.63, 3.8) is 0 Å². The number of benzene rings is 1. The number of hydrogen-bond donors (Lipinski definition) is 3. The van der Waals surface area contributed by atoms with Gasteiger partial charge in [-0.05, 0) is 29.1 Å². The Hall–Kier alpha value is -2.80. The van der Waals surface area contributed by atoms with Crippen LogP contribution in [0.25, 0.3) is 10.6 Å². The number of ether oxygens (including phenoxy) is 1. The molecule has 0 saturated carbocycles. The molecule has 1 aliphatic heterocycles. The topological polar surface area (TPSA) is 87.2 Å². The number of nitrogens with zero attached hydrogens (tertiary/aromatic N) is 1. The summed E-state index contributed by atoms with van der Waals surface area (Å²) >= 11 is 1.58. The smallest absolute Gasteiger partial charge is 0.272 e. The number of aromatic hydroxyl groups is 1. The third-order valence-electron chi connectivity index (χ3n) is 3.89. The predicted octanol–water partition coefficient (Wildman–Crippen LogP) is 2.69. The number of carbonyl (C=O) groups excluding carboxylic acids is 1. The molecule has 1 aromatic carbocycles. The van der Waals surface area contributed by atoms with E-state index < -0.39 is 0 Å². The molecular weight excluding hydrogens is 314 g/mol. The average Bonchev–Trinajstić information content (AvgIpc) is 3.26. The summed E-state index contributed by atoms with van der Waals surface area (Å²) in [6.45, 7) is 0. The number of hydrogen-bond acceptors (Lipinski definition) is 5. The summed E-state index contributed by atoms with van der Waals surface area (Å²) < 4.78 is 5.16. The number of aromatic nitrogens is 2. The zero-order valence-corrected chi connectivity index (χ0v) is 13.0. The number of phenolic OH excluding ortho intramolecular Hbond substituents is 1. The van der Waals surface area contributed by atoms with Crippen LogP contribution in [-0.4, -0.2) is 28.3 Å². The van der Waals surface area contributed by atoms with Crippen molar-refractivity contribution in [3.8, 4) is 22.1 Å². The number of methoxy groups -OCH3 is 1. The Morgan fingerprint density at radius 3 is 2.96 bits per heavy atom. The Kier molecular flexibility index (Phi) is 3.09. The van der Waals surface area contributed by atoms with Gasteiger partial charge in [-0.25, -0.2) is 0 Å². The Bertz CT molecular complexity index is 886. The molecule has 0 unspecified atom stereocenters. The minimum absolute atomic E-state index is 0.0615. The lowest BCUT2D eigenvalue weighted by Gasteiger charge is -2.14. The Morgan fingerprint density at radius 1 is 1.35 bits per heavy atom. The average molecular weight is 327 g/mol. The minimum atomic E-state index is -0.331. The van der Waals surface area contributed by atoms with Crippen molar-refractivity contribution >= 4 is 17.2 Å². The van der Waals surface area contributed by atoms with E-state index in [-0.39, 0.29) is 17.7 Å². The van der Waals surface area contributed by atoms with Gasteiger partial charge in [-0.1, -0.05) is 12.1 Å². The maximum absolute atomic E-state index is 12.2. The van der Waals surface area contributed by atoms with Crippen LogP contribution < -0.4 is 10.1 Å². The third-order valence-corrected chi connectivity index (χ3v) is 4.78. The second kappa shape index (κ2) is 5.13. The molecule has 0 saturated heterocycles. The molecule has 4 rings (SSSR count). The Morgan fingerprint density at radius 2 is 2.22 bits per heavy atom. The highest BCUT2D eigenvalue weighted by atomic mass is 32.1. The van der Waals surface area contributed by atoms with Crippen LogP contribution in [0.1, 0.15) is 27.7 Å². The molecule has 3 heterocycles. The van der Waals surface area contributed by atoms with Crippen LogP contribution in [0.5, 0.6) is 11.5 Å². The first kappa shape index (κ1) is 13.8. The number of thiophene rings is 1. The molecule has 1 amide bonds. The molecule has 0 radical (unpaired) electrons. The number of fused-ring (bicyclic) bond motifs is 1. The molecule has 7 heteroatoms. The monoisotopic (exact) mass is 327 g/mol. The zero-order valence-electron chi connectivity index (χ0n) is 12.2. The van der Waals surface area contributed by atoms with Gasteiger partial charge in [0.2, 0.25) is 0 Å². The maximum Gasteiger partial charge on any atom is 0.272 e. The van der Waals surface area contributed by atoms with E-state index in [9.17, 15) is 9.90 Å². The number of aromatic amines is 1. The van der Waals surface area contributed by atoms with E-state index in [0.717, 1.165) is 21.7 Å². The number of H-pyrrole nitrogens is 1. The lowest BCUT2D eigenvalue weighted by molar-refractivity contribution is 0.0955. The molecule has 6 nitrogen and oxygen atoms in total. The normalized spacial score (nSPS) is 16.2. The van der Waals surface area contributed by atoms with Crippen molar-refractivity contribution < 1.29 is 14.6 Å². The first-order chi connectivity index (χ1) is 11.2. The summed E-state index contributed by atoms with van der Waals surface area (Å²) in [5, 5.41) is 21.8. The van der Waals surface area contributed by atoms with E-state index in [2.05, 4.69) is 15.5 Å². The summed E-state index contributed by atoms with van der Waals surface area (Å²) in [5.41, 5.74) is 2.90. The summed E-state index contributed by atoms with van der Waals surface area (Å²) in [7, 11) is 1.49. The lowest BCUT2D eigenvalue weighted by atomic mass is 9.99. The molecule has 3 aromatic rings. The largest absolute Gasteiger partial charge is 0.504 e. The van der Waals surface area contributed by atoms with Gasteiger partial charge in [0.1, 0.15) is 0 Å². The highest BCUT2D eigenvalue weighted by Gasteiger charge is 2.36. The van der Waals surface area contributed by atoms with Gasteiger partial charge in [-0.3, -0.25) is 9.89 Å². The maximum atomic E-state index is 12.2. The molecule has 0 bridgehead atoms. The highest BCUT2D eigenvalue weighted by Crippen LogP contribution is 2.40. The minimum Gasteiger partial charge on any atom is -0.504 e. The number of carbonyl (C=O) groups is 1. The lowest BCUT2D eigenvalue weighted by Crippen LogP contribution is -2.21. The van der Waals surface area contributed by atoms with Crippen molar-refractivity contribution in [1.29, 1.82) is 0 Å². The second-order valence-electron chi connectivity index (χ2n) is 5.18. The van der Waals surface area contributed by atoms with Crippen LogP contribution in [-0.2, 0) is 0 Å². The summed E-state index contributed by atoms with van der Waals surface area (Å²) in [6.07, 6.45) is 0. The molecule has 0 fully saturated rings. The van der Waals surface area contributed by atoms with Gasteiger partial charge in [0.05, 0.1) is 23.7 Å². The van der Waals surface area contributed by atoms with Gasteiger partial charge in [-0.2, -0.15) is 5.10 Å². The van der Waals surface area contributed by atoms with Crippen LogP contribution in [0.3, 0.4) is 0 Å². The molecule has 1 aliphatic rings. The Balaban J connectivity index is 1.85. The van der Waals surface area contributed by atoms with Crippen molar-refractivity contribution in [2.24, 2.45) is 0 Å². The van der Waals surface area contributed by atoms with E-state index in [4.69, 9.17) is 4.74 Å². The quantitative estimate of drug-likeness (QED) is 0.690. The Labute approximate surface area is 135 Å². The molecular formula is C16H13N3O3S. The zero-order chi connectivity index (χ0) is 16.0. The molecule has 2 aromatic heterocycles. The molecule has 0 aliphatic carbocycles. The molecule has 0 spiro atoms. The van der Waals surface area contributed by atoms with Crippen LogP contribution in [0.4, 0.5) is 0 Å².